The van der Waals surface area contributed by atoms with E-state index >= 15 is 0 Å². The fraction of sp³-hybridized carbons (Fsp3) is 0.333. The first-order valence-electron chi connectivity index (χ1n) is 4.12. The van der Waals surface area contributed by atoms with Crippen LogP contribution in [0.3, 0.4) is 0 Å². The molecule has 14 heavy (non-hydrogen) atoms. The van der Waals surface area contributed by atoms with Gasteiger partial charge < -0.3 is 15.9 Å². The van der Waals surface area contributed by atoms with Gasteiger partial charge >= 0.3 is 0 Å². The molecular weight excluding hydrogens is 209 g/mol. The van der Waals surface area contributed by atoms with E-state index in [4.69, 9.17) is 22.4 Å². The number of hydrogen-bond donors (Lipinski definition) is 3. The largest absolute Gasteiger partial charge is 0.508 e. The van der Waals surface area contributed by atoms with Crippen LogP contribution < -0.4 is 5.73 Å². The van der Waals surface area contributed by atoms with E-state index in [2.05, 4.69) is 0 Å². The molecule has 0 aliphatic heterocycles. The van der Waals surface area contributed by atoms with Gasteiger partial charge in [0.15, 0.2) is 0 Å². The van der Waals surface area contributed by atoms with E-state index in [0.717, 1.165) is 6.07 Å². The van der Waals surface area contributed by atoms with Gasteiger partial charge in [0, 0.05) is 11.6 Å². The molecule has 1 aromatic carbocycles. The van der Waals surface area contributed by atoms with Crippen LogP contribution in [-0.4, -0.2) is 16.8 Å². The Kier molecular flexibility index (Phi) is 3.69. The molecule has 0 bridgehead atoms. The predicted octanol–water partition coefficient (Wildman–Crippen LogP) is 1.57. The number of aromatic hydroxyl groups is 1. The minimum atomic E-state index is -1.03. The van der Waals surface area contributed by atoms with Gasteiger partial charge in [0.25, 0.3) is 0 Å². The normalized spacial score (nSPS) is 12.9. The molecule has 0 aliphatic rings. The van der Waals surface area contributed by atoms with Crippen molar-refractivity contribution in [1.29, 1.82) is 0 Å². The molecule has 0 saturated heterocycles. The highest BCUT2D eigenvalue weighted by atomic mass is 35.5. The molecule has 0 spiro atoms. The number of rotatable bonds is 3. The van der Waals surface area contributed by atoms with Crippen LogP contribution >= 0.6 is 11.6 Å². The highest BCUT2D eigenvalue weighted by molar-refractivity contribution is 6.31. The Bertz CT molecular complexity index is 310. The van der Waals surface area contributed by atoms with Gasteiger partial charge in [0.2, 0.25) is 0 Å². The predicted molar refractivity (Wildman–Crippen MR) is 51.7 cm³/mol. The molecule has 3 nitrogen and oxygen atoms in total. The summed E-state index contributed by atoms with van der Waals surface area (Å²) in [5.74, 6) is -0.993. The molecular formula is C9H11ClFNO2. The molecule has 0 radical (unpaired) electrons. The molecule has 0 amide bonds. The third-order valence-electron chi connectivity index (χ3n) is 1.84. The lowest BCUT2D eigenvalue weighted by atomic mass is 10.1. The molecule has 1 atom stereocenters. The first-order chi connectivity index (χ1) is 6.56. The van der Waals surface area contributed by atoms with E-state index in [1.54, 1.807) is 0 Å². The Balaban J connectivity index is 3.07. The average molecular weight is 220 g/mol. The summed E-state index contributed by atoms with van der Waals surface area (Å²) in [4.78, 5) is 0. The second kappa shape index (κ2) is 4.59. The van der Waals surface area contributed by atoms with Gasteiger partial charge in [-0.15, -0.1) is 0 Å². The van der Waals surface area contributed by atoms with Crippen molar-refractivity contribution < 1.29 is 14.6 Å². The second-order valence-corrected chi connectivity index (χ2v) is 3.32. The second-order valence-electron chi connectivity index (χ2n) is 2.92. The molecule has 0 aliphatic carbocycles. The summed E-state index contributed by atoms with van der Waals surface area (Å²) >= 11 is 5.66. The van der Waals surface area contributed by atoms with Gasteiger partial charge in [0.05, 0.1) is 11.1 Å². The minimum Gasteiger partial charge on any atom is -0.508 e. The SMILES string of the molecule is NCCC(O)c1c(F)cc(O)cc1Cl. The van der Waals surface area contributed by atoms with Crippen molar-refractivity contribution in [2.75, 3.05) is 6.54 Å². The maximum Gasteiger partial charge on any atom is 0.134 e. The summed E-state index contributed by atoms with van der Waals surface area (Å²) in [7, 11) is 0. The van der Waals surface area contributed by atoms with Crippen LogP contribution in [0.1, 0.15) is 18.1 Å². The van der Waals surface area contributed by atoms with Crippen molar-refractivity contribution in [1.82, 2.24) is 0 Å². The van der Waals surface area contributed by atoms with Crippen LogP contribution in [0, 0.1) is 5.82 Å². The number of nitrogens with two attached hydrogens (primary N) is 1. The lowest BCUT2D eigenvalue weighted by Gasteiger charge is -2.12. The number of aliphatic hydroxyl groups is 1. The highest BCUT2D eigenvalue weighted by Crippen LogP contribution is 2.31. The number of phenolic OH excluding ortho intramolecular Hbond substituents is 1. The van der Waals surface area contributed by atoms with E-state index in [9.17, 15) is 9.50 Å². The number of aliphatic hydroxyl groups excluding tert-OH is 1. The maximum absolute atomic E-state index is 13.2. The van der Waals surface area contributed by atoms with Crippen molar-refractivity contribution in [3.63, 3.8) is 0 Å². The number of halogens is 2. The third kappa shape index (κ3) is 2.35. The average Bonchev–Trinajstić information content (AvgIpc) is 2.01. The van der Waals surface area contributed by atoms with E-state index in [1.807, 2.05) is 0 Å². The van der Waals surface area contributed by atoms with Crippen molar-refractivity contribution in [3.8, 4) is 5.75 Å². The number of phenols is 1. The van der Waals surface area contributed by atoms with Crippen molar-refractivity contribution >= 4 is 11.6 Å². The minimum absolute atomic E-state index is 0.00319. The fourth-order valence-corrected chi connectivity index (χ4v) is 1.52. The quantitative estimate of drug-likeness (QED) is 0.723. The van der Waals surface area contributed by atoms with Crippen LogP contribution in [-0.2, 0) is 0 Å². The van der Waals surface area contributed by atoms with Crippen LogP contribution in [0.2, 0.25) is 5.02 Å². The zero-order valence-corrected chi connectivity index (χ0v) is 8.13. The Morgan fingerprint density at radius 3 is 2.64 bits per heavy atom. The third-order valence-corrected chi connectivity index (χ3v) is 2.15. The summed E-state index contributed by atoms with van der Waals surface area (Å²) in [6.45, 7) is 0.234. The van der Waals surface area contributed by atoms with E-state index < -0.39 is 11.9 Å². The summed E-state index contributed by atoms with van der Waals surface area (Å²) in [5, 5.41) is 18.5. The Hall–Kier alpha value is -0.840. The van der Waals surface area contributed by atoms with Gasteiger partial charge in [-0.25, -0.2) is 4.39 Å². The van der Waals surface area contributed by atoms with Crippen molar-refractivity contribution in [2.24, 2.45) is 5.73 Å². The summed E-state index contributed by atoms with van der Waals surface area (Å²) in [6, 6.07) is 2.08. The fourth-order valence-electron chi connectivity index (χ4n) is 1.19. The molecule has 0 fully saturated rings. The molecule has 0 heterocycles. The zero-order chi connectivity index (χ0) is 10.7. The lowest BCUT2D eigenvalue weighted by molar-refractivity contribution is 0.165. The van der Waals surface area contributed by atoms with Gasteiger partial charge in [-0.3, -0.25) is 0 Å². The Morgan fingerprint density at radius 1 is 1.50 bits per heavy atom. The standard InChI is InChI=1S/C9H11ClFNO2/c10-6-3-5(13)4-7(11)9(6)8(14)1-2-12/h3-4,8,13-14H,1-2,12H2. The topological polar surface area (TPSA) is 66.5 Å². The maximum atomic E-state index is 13.2. The smallest absolute Gasteiger partial charge is 0.134 e. The van der Waals surface area contributed by atoms with Crippen molar-refractivity contribution in [2.45, 2.75) is 12.5 Å². The molecule has 0 saturated carbocycles. The molecule has 1 unspecified atom stereocenters. The summed E-state index contributed by atoms with van der Waals surface area (Å²) < 4.78 is 13.2. The highest BCUT2D eigenvalue weighted by Gasteiger charge is 2.17. The van der Waals surface area contributed by atoms with Gasteiger partial charge in [-0.05, 0) is 19.0 Å². The van der Waals surface area contributed by atoms with E-state index in [-0.39, 0.29) is 29.3 Å². The summed E-state index contributed by atoms with van der Waals surface area (Å²) in [5.41, 5.74) is 5.20. The Labute approximate surface area is 85.9 Å². The van der Waals surface area contributed by atoms with Crippen molar-refractivity contribution in [3.05, 3.63) is 28.5 Å². The van der Waals surface area contributed by atoms with Crippen LogP contribution in [0.4, 0.5) is 4.39 Å². The number of hydrogen-bond acceptors (Lipinski definition) is 3. The molecule has 1 rings (SSSR count). The Morgan fingerprint density at radius 2 is 2.14 bits per heavy atom. The first kappa shape index (κ1) is 11.2. The molecule has 1 aromatic rings. The molecule has 0 aromatic heterocycles. The van der Waals surface area contributed by atoms with E-state index in [1.165, 1.54) is 6.07 Å². The van der Waals surface area contributed by atoms with Crippen LogP contribution in [0.15, 0.2) is 12.1 Å². The first-order valence-corrected chi connectivity index (χ1v) is 4.50. The molecule has 5 heteroatoms. The molecule has 4 N–H and O–H groups in total. The lowest BCUT2D eigenvalue weighted by Crippen LogP contribution is -2.08. The van der Waals surface area contributed by atoms with Gasteiger partial charge in [-0.1, -0.05) is 11.6 Å². The van der Waals surface area contributed by atoms with Crippen LogP contribution in [0.25, 0.3) is 0 Å². The number of benzene rings is 1. The van der Waals surface area contributed by atoms with Crippen LogP contribution in [0.5, 0.6) is 5.75 Å². The summed E-state index contributed by atoms with van der Waals surface area (Å²) in [6.07, 6.45) is -0.811. The van der Waals surface area contributed by atoms with E-state index in [0.29, 0.717) is 0 Å². The van der Waals surface area contributed by atoms with Gasteiger partial charge in [-0.2, -0.15) is 0 Å². The monoisotopic (exact) mass is 219 g/mol. The van der Waals surface area contributed by atoms with Gasteiger partial charge in [0.1, 0.15) is 11.6 Å². The zero-order valence-electron chi connectivity index (χ0n) is 7.37. The molecule has 78 valence electrons.